The molecule has 0 radical (unpaired) electrons. The fraction of sp³-hybridized carbons (Fsp3) is 0.156. The fourth-order valence-electron chi connectivity index (χ4n) is 5.28. The maximum Gasteiger partial charge on any atom is 0.128 e. The Hall–Kier alpha value is -3.70. The van der Waals surface area contributed by atoms with Crippen molar-refractivity contribution in [3.8, 4) is 5.75 Å². The molecule has 6 rings (SSSR count). The van der Waals surface area contributed by atoms with Crippen LogP contribution in [0.2, 0.25) is 0 Å². The van der Waals surface area contributed by atoms with E-state index in [9.17, 15) is 4.39 Å². The third kappa shape index (κ3) is 5.09. The second-order valence-electron chi connectivity index (χ2n) is 9.51. The van der Waals surface area contributed by atoms with Crippen molar-refractivity contribution in [2.45, 2.75) is 25.0 Å². The molecule has 1 heterocycles. The van der Waals surface area contributed by atoms with E-state index in [1.54, 1.807) is 12.1 Å². The lowest BCUT2D eigenvalue weighted by Gasteiger charge is -2.37. The number of nitrogens with one attached hydrogen (secondary N) is 1. The first-order chi connectivity index (χ1) is 18.1. The lowest BCUT2D eigenvalue weighted by atomic mass is 9.77. The van der Waals surface area contributed by atoms with Crippen LogP contribution in [0.4, 0.5) is 15.8 Å². The van der Waals surface area contributed by atoms with E-state index in [1.165, 1.54) is 28.9 Å². The number of anilines is 1. The highest BCUT2D eigenvalue weighted by Gasteiger charge is 2.37. The van der Waals surface area contributed by atoms with Crippen molar-refractivity contribution in [3.05, 3.63) is 136 Å². The van der Waals surface area contributed by atoms with Gasteiger partial charge in [0, 0.05) is 27.9 Å². The van der Waals surface area contributed by atoms with E-state index in [0.29, 0.717) is 18.4 Å². The smallest absolute Gasteiger partial charge is 0.128 e. The van der Waals surface area contributed by atoms with Gasteiger partial charge in [-0.3, -0.25) is 4.99 Å². The van der Waals surface area contributed by atoms with Gasteiger partial charge in [0.1, 0.15) is 18.2 Å². The summed E-state index contributed by atoms with van der Waals surface area (Å²) < 4.78 is 20.2. The molecular weight excluding hydrogens is 527 g/mol. The summed E-state index contributed by atoms with van der Waals surface area (Å²) in [5.41, 5.74) is 6.55. The van der Waals surface area contributed by atoms with Gasteiger partial charge in [0.2, 0.25) is 0 Å². The van der Waals surface area contributed by atoms with Crippen LogP contribution < -0.4 is 10.1 Å². The average molecular weight is 553 g/mol. The molecule has 1 N–H and O–H groups in total. The first-order valence-electron chi connectivity index (χ1n) is 12.5. The predicted molar refractivity (Wildman–Crippen MR) is 151 cm³/mol. The molecule has 3 nitrogen and oxygen atoms in total. The highest BCUT2D eigenvalue weighted by molar-refractivity contribution is 9.10. The van der Waals surface area contributed by atoms with Gasteiger partial charge in [-0.25, -0.2) is 4.39 Å². The summed E-state index contributed by atoms with van der Waals surface area (Å²) >= 11 is 3.54. The van der Waals surface area contributed by atoms with Crippen molar-refractivity contribution in [1.82, 2.24) is 0 Å². The minimum absolute atomic E-state index is 0.255. The third-order valence-corrected chi connectivity index (χ3v) is 7.65. The Morgan fingerprint density at radius 3 is 2.62 bits per heavy atom. The van der Waals surface area contributed by atoms with E-state index in [0.717, 1.165) is 33.5 Å². The van der Waals surface area contributed by atoms with Crippen LogP contribution in [-0.2, 0) is 6.61 Å². The third-order valence-electron chi connectivity index (χ3n) is 7.16. The number of para-hydroxylation sites is 1. The Morgan fingerprint density at radius 2 is 1.78 bits per heavy atom. The maximum absolute atomic E-state index is 13.2. The van der Waals surface area contributed by atoms with Gasteiger partial charge in [-0.2, -0.15) is 0 Å². The quantitative estimate of drug-likeness (QED) is 0.191. The summed E-state index contributed by atoms with van der Waals surface area (Å²) in [6.07, 6.45) is 7.59. The number of aliphatic imine (C=N–C) groups is 1. The van der Waals surface area contributed by atoms with Crippen LogP contribution >= 0.6 is 15.9 Å². The van der Waals surface area contributed by atoms with Gasteiger partial charge in [-0.1, -0.05) is 70.5 Å². The van der Waals surface area contributed by atoms with Crippen LogP contribution in [0.3, 0.4) is 0 Å². The molecule has 4 aromatic carbocycles. The zero-order valence-electron chi connectivity index (χ0n) is 20.1. The number of hydrogen-bond donors (Lipinski definition) is 1. The number of halogens is 2. The Morgan fingerprint density at radius 1 is 0.973 bits per heavy atom. The van der Waals surface area contributed by atoms with E-state index in [1.807, 2.05) is 24.4 Å². The average Bonchev–Trinajstić information content (AvgIpc) is 3.43. The first kappa shape index (κ1) is 23.7. The number of rotatable bonds is 6. The standard InChI is InChI=1S/C32H26BrFN2O/c33-24-12-17-31(37-20-21-8-13-25(34)14-9-21)23(18-24)19-35-26-15-10-22(11-16-26)32-29-6-3-5-27(29)28-4-1-2-7-30(28)36-32/h1-5,7-19,27,29,32,36H,6,20H2/t27-,29+,32-/m0/s1. The molecule has 0 aromatic heterocycles. The molecule has 3 atom stereocenters. The van der Waals surface area contributed by atoms with Crippen LogP contribution in [0.5, 0.6) is 5.75 Å². The number of hydrogen-bond acceptors (Lipinski definition) is 3. The first-order valence-corrected chi connectivity index (χ1v) is 13.3. The molecule has 0 saturated heterocycles. The van der Waals surface area contributed by atoms with Crippen LogP contribution in [-0.4, -0.2) is 6.21 Å². The second kappa shape index (κ2) is 10.3. The van der Waals surface area contributed by atoms with E-state index in [4.69, 9.17) is 9.73 Å². The Bertz CT molecular complexity index is 1460. The molecule has 37 heavy (non-hydrogen) atoms. The van der Waals surface area contributed by atoms with Crippen LogP contribution in [0.15, 0.2) is 113 Å². The monoisotopic (exact) mass is 552 g/mol. The van der Waals surface area contributed by atoms with Gasteiger partial charge >= 0.3 is 0 Å². The summed E-state index contributed by atoms with van der Waals surface area (Å²) in [6.45, 7) is 0.353. The van der Waals surface area contributed by atoms with Gasteiger partial charge in [0.05, 0.1) is 11.7 Å². The van der Waals surface area contributed by atoms with Crippen molar-refractivity contribution < 1.29 is 9.13 Å². The van der Waals surface area contributed by atoms with E-state index >= 15 is 0 Å². The Labute approximate surface area is 224 Å². The lowest BCUT2D eigenvalue weighted by molar-refractivity contribution is 0.305. The number of fused-ring (bicyclic) bond motifs is 3. The van der Waals surface area contributed by atoms with Crippen molar-refractivity contribution in [2.24, 2.45) is 10.9 Å². The van der Waals surface area contributed by atoms with E-state index in [2.05, 4.69) is 81.9 Å². The molecule has 0 fully saturated rings. The molecule has 4 aromatic rings. The fourth-order valence-corrected chi connectivity index (χ4v) is 5.66. The minimum Gasteiger partial charge on any atom is -0.488 e. The number of ether oxygens (including phenoxy) is 1. The normalized spacial score (nSPS) is 19.9. The molecule has 1 aliphatic heterocycles. The summed E-state index contributed by atoms with van der Waals surface area (Å²) in [5.74, 6) is 1.45. The SMILES string of the molecule is Fc1ccc(COc2ccc(Br)cc2C=Nc2ccc([C@@H]3Nc4ccccc4[C@@H]4C=CC[C@H]43)cc2)cc1. The molecular formula is C32H26BrFN2O. The molecule has 0 amide bonds. The molecule has 1 aliphatic carbocycles. The topological polar surface area (TPSA) is 33.6 Å². The van der Waals surface area contributed by atoms with Gasteiger partial charge in [0.15, 0.2) is 0 Å². The zero-order chi connectivity index (χ0) is 25.2. The molecule has 2 aliphatic rings. The molecule has 0 saturated carbocycles. The number of benzene rings is 4. The molecule has 0 bridgehead atoms. The zero-order valence-corrected chi connectivity index (χ0v) is 21.7. The van der Waals surface area contributed by atoms with Gasteiger partial charge < -0.3 is 10.1 Å². The van der Waals surface area contributed by atoms with E-state index in [-0.39, 0.29) is 11.9 Å². The highest BCUT2D eigenvalue weighted by Crippen LogP contribution is 2.49. The lowest BCUT2D eigenvalue weighted by Crippen LogP contribution is -2.28. The van der Waals surface area contributed by atoms with Crippen molar-refractivity contribution >= 4 is 33.5 Å². The highest BCUT2D eigenvalue weighted by atomic mass is 79.9. The van der Waals surface area contributed by atoms with E-state index < -0.39 is 0 Å². The summed E-state index contributed by atoms with van der Waals surface area (Å²) in [7, 11) is 0. The van der Waals surface area contributed by atoms with Crippen molar-refractivity contribution in [1.29, 1.82) is 0 Å². The Kier molecular flexibility index (Phi) is 6.62. The Balaban J connectivity index is 1.18. The minimum atomic E-state index is -0.255. The molecule has 5 heteroatoms. The van der Waals surface area contributed by atoms with Crippen molar-refractivity contribution in [3.63, 3.8) is 0 Å². The van der Waals surface area contributed by atoms with Gasteiger partial charge in [-0.05, 0) is 77.6 Å². The van der Waals surface area contributed by atoms with Crippen LogP contribution in [0.1, 0.15) is 40.6 Å². The van der Waals surface area contributed by atoms with Crippen molar-refractivity contribution in [2.75, 3.05) is 5.32 Å². The molecule has 184 valence electrons. The summed E-state index contributed by atoms with van der Waals surface area (Å²) in [4.78, 5) is 4.73. The molecule has 0 unspecified atom stereocenters. The number of allylic oxidation sites excluding steroid dienone is 2. The van der Waals surface area contributed by atoms with Gasteiger partial charge in [-0.15, -0.1) is 0 Å². The van der Waals surface area contributed by atoms with Gasteiger partial charge in [0.25, 0.3) is 0 Å². The maximum atomic E-state index is 13.2. The van der Waals surface area contributed by atoms with Crippen LogP contribution in [0.25, 0.3) is 0 Å². The summed E-state index contributed by atoms with van der Waals surface area (Å²) in [5, 5.41) is 3.79. The molecule has 0 spiro atoms. The largest absolute Gasteiger partial charge is 0.488 e. The number of nitrogens with zero attached hydrogens (tertiary/aromatic N) is 1. The van der Waals surface area contributed by atoms with Crippen LogP contribution in [0, 0.1) is 11.7 Å². The summed E-state index contributed by atoms with van der Waals surface area (Å²) in [6, 6.07) is 29.6. The second-order valence-corrected chi connectivity index (χ2v) is 10.4. The predicted octanol–water partition coefficient (Wildman–Crippen LogP) is 8.74.